The highest BCUT2D eigenvalue weighted by molar-refractivity contribution is 5.68. The maximum atomic E-state index is 9.19. The van der Waals surface area contributed by atoms with Gasteiger partial charge in [0.1, 0.15) is 12.4 Å². The van der Waals surface area contributed by atoms with E-state index in [0.717, 1.165) is 28.0 Å². The van der Waals surface area contributed by atoms with Crippen LogP contribution in [0.1, 0.15) is 11.1 Å². The summed E-state index contributed by atoms with van der Waals surface area (Å²) in [5.74, 6) is 0.859. The van der Waals surface area contributed by atoms with Crippen molar-refractivity contribution in [1.29, 1.82) is 0 Å². The van der Waals surface area contributed by atoms with Gasteiger partial charge >= 0.3 is 0 Å². The molecule has 0 saturated carbocycles. The molecule has 0 fully saturated rings. The van der Waals surface area contributed by atoms with Crippen LogP contribution >= 0.6 is 0 Å². The maximum absolute atomic E-state index is 9.19. The summed E-state index contributed by atoms with van der Waals surface area (Å²) in [6, 6.07) is 26.4. The van der Waals surface area contributed by atoms with Gasteiger partial charge in [0.2, 0.25) is 0 Å². The minimum Gasteiger partial charge on any atom is -0.489 e. The van der Waals surface area contributed by atoms with E-state index in [-0.39, 0.29) is 6.61 Å². The first-order valence-electron chi connectivity index (χ1n) is 7.83. The molecule has 23 heavy (non-hydrogen) atoms. The molecule has 0 heterocycles. The molecule has 0 aromatic heterocycles. The van der Waals surface area contributed by atoms with Gasteiger partial charge in [-0.1, -0.05) is 66.7 Å². The quantitative estimate of drug-likeness (QED) is 0.728. The lowest BCUT2D eigenvalue weighted by Gasteiger charge is -2.10. The molecule has 0 aliphatic heterocycles. The maximum Gasteiger partial charge on any atom is 0.119 e. The van der Waals surface area contributed by atoms with E-state index in [4.69, 9.17) is 4.74 Å². The zero-order valence-electron chi connectivity index (χ0n) is 13.0. The molecule has 0 spiro atoms. The van der Waals surface area contributed by atoms with Crippen molar-refractivity contribution in [2.75, 3.05) is 6.61 Å². The Hall–Kier alpha value is -2.58. The van der Waals surface area contributed by atoms with Crippen LogP contribution in [-0.2, 0) is 13.0 Å². The zero-order chi connectivity index (χ0) is 15.9. The highest BCUT2D eigenvalue weighted by Crippen LogP contribution is 2.26. The van der Waals surface area contributed by atoms with Crippen molar-refractivity contribution in [1.82, 2.24) is 0 Å². The third-order valence-corrected chi connectivity index (χ3v) is 3.81. The molecule has 0 aliphatic carbocycles. The Labute approximate surface area is 137 Å². The average molecular weight is 304 g/mol. The molecule has 1 N–H and O–H groups in total. The third kappa shape index (κ3) is 3.99. The Morgan fingerprint density at radius 2 is 1.43 bits per heavy atom. The summed E-state index contributed by atoms with van der Waals surface area (Å²) in [4.78, 5) is 0. The SMILES string of the molecule is OCCc1ccccc1-c1ccc(OCc2ccccc2)cc1. The van der Waals surface area contributed by atoms with Crippen LogP contribution in [0.15, 0.2) is 78.9 Å². The lowest BCUT2D eigenvalue weighted by atomic mass is 9.98. The lowest BCUT2D eigenvalue weighted by Crippen LogP contribution is -1.96. The van der Waals surface area contributed by atoms with E-state index in [0.29, 0.717) is 13.0 Å². The van der Waals surface area contributed by atoms with E-state index in [1.807, 2.05) is 42.5 Å². The largest absolute Gasteiger partial charge is 0.489 e. The fourth-order valence-electron chi connectivity index (χ4n) is 2.61. The molecule has 0 radical (unpaired) electrons. The van der Waals surface area contributed by atoms with Crippen LogP contribution in [0, 0.1) is 0 Å². The lowest BCUT2D eigenvalue weighted by molar-refractivity contribution is 0.300. The minimum atomic E-state index is 0.162. The first-order chi connectivity index (χ1) is 11.4. The van der Waals surface area contributed by atoms with Gasteiger partial charge in [0.05, 0.1) is 0 Å². The third-order valence-electron chi connectivity index (χ3n) is 3.81. The Balaban J connectivity index is 1.72. The van der Waals surface area contributed by atoms with Gasteiger partial charge < -0.3 is 9.84 Å². The van der Waals surface area contributed by atoms with Crippen LogP contribution in [0.3, 0.4) is 0 Å². The molecule has 3 aromatic carbocycles. The van der Waals surface area contributed by atoms with Gasteiger partial charge in [-0.15, -0.1) is 0 Å². The number of rotatable bonds is 6. The van der Waals surface area contributed by atoms with Gasteiger partial charge in [0.15, 0.2) is 0 Å². The Morgan fingerprint density at radius 3 is 2.17 bits per heavy atom. The smallest absolute Gasteiger partial charge is 0.119 e. The van der Waals surface area contributed by atoms with Gasteiger partial charge in [-0.2, -0.15) is 0 Å². The minimum absolute atomic E-state index is 0.162. The van der Waals surface area contributed by atoms with Crippen molar-refractivity contribution < 1.29 is 9.84 Å². The normalized spacial score (nSPS) is 10.5. The second kappa shape index (κ2) is 7.61. The summed E-state index contributed by atoms with van der Waals surface area (Å²) < 4.78 is 5.82. The molecule has 116 valence electrons. The molecule has 0 bridgehead atoms. The summed E-state index contributed by atoms with van der Waals surface area (Å²) in [6.45, 7) is 0.733. The monoisotopic (exact) mass is 304 g/mol. The fraction of sp³-hybridized carbons (Fsp3) is 0.143. The van der Waals surface area contributed by atoms with Gasteiger partial charge in [0.25, 0.3) is 0 Å². The van der Waals surface area contributed by atoms with Gasteiger partial charge in [-0.25, -0.2) is 0 Å². The summed E-state index contributed by atoms with van der Waals surface area (Å²) in [6.07, 6.45) is 0.669. The Kier molecular flexibility index (Phi) is 5.07. The van der Waals surface area contributed by atoms with E-state index in [2.05, 4.69) is 36.4 Å². The molecule has 0 amide bonds. The molecule has 0 unspecified atom stereocenters. The highest BCUT2D eigenvalue weighted by Gasteiger charge is 2.04. The van der Waals surface area contributed by atoms with Crippen molar-refractivity contribution in [3.63, 3.8) is 0 Å². The number of hydrogen-bond acceptors (Lipinski definition) is 2. The van der Waals surface area contributed by atoms with Crippen LogP contribution in [0.4, 0.5) is 0 Å². The predicted octanol–water partition coefficient (Wildman–Crippen LogP) is 4.47. The summed E-state index contributed by atoms with van der Waals surface area (Å²) in [7, 11) is 0. The Morgan fingerprint density at radius 1 is 0.739 bits per heavy atom. The number of benzene rings is 3. The summed E-state index contributed by atoms with van der Waals surface area (Å²) in [5.41, 5.74) is 4.62. The second-order valence-electron chi connectivity index (χ2n) is 5.43. The van der Waals surface area contributed by atoms with Crippen LogP contribution in [0.5, 0.6) is 5.75 Å². The van der Waals surface area contributed by atoms with E-state index in [1.54, 1.807) is 0 Å². The van der Waals surface area contributed by atoms with Crippen molar-refractivity contribution in [3.05, 3.63) is 90.0 Å². The second-order valence-corrected chi connectivity index (χ2v) is 5.43. The first-order valence-corrected chi connectivity index (χ1v) is 7.83. The van der Waals surface area contributed by atoms with Gasteiger partial charge in [-0.3, -0.25) is 0 Å². The van der Waals surface area contributed by atoms with Crippen LogP contribution in [0.2, 0.25) is 0 Å². The molecule has 2 nitrogen and oxygen atoms in total. The molecule has 0 saturated heterocycles. The first kappa shape index (κ1) is 15.3. The zero-order valence-corrected chi connectivity index (χ0v) is 13.0. The van der Waals surface area contributed by atoms with E-state index < -0.39 is 0 Å². The molecule has 2 heteroatoms. The molecular formula is C21H20O2. The van der Waals surface area contributed by atoms with Crippen LogP contribution in [-0.4, -0.2) is 11.7 Å². The molecule has 3 aromatic rings. The van der Waals surface area contributed by atoms with E-state index >= 15 is 0 Å². The number of aliphatic hydroxyl groups excluding tert-OH is 1. The standard InChI is InChI=1S/C21H20O2/c22-15-14-18-8-4-5-9-21(18)19-10-12-20(13-11-19)23-16-17-6-2-1-3-7-17/h1-13,22H,14-16H2. The van der Waals surface area contributed by atoms with Gasteiger partial charge in [0, 0.05) is 6.61 Å². The molecular weight excluding hydrogens is 284 g/mol. The Bertz CT molecular complexity index is 733. The summed E-state index contributed by atoms with van der Waals surface area (Å²) in [5, 5.41) is 9.19. The fourth-order valence-corrected chi connectivity index (χ4v) is 2.61. The van der Waals surface area contributed by atoms with Gasteiger partial charge in [-0.05, 0) is 40.8 Å². The van der Waals surface area contributed by atoms with E-state index in [1.165, 1.54) is 0 Å². The molecule has 0 aliphatic rings. The van der Waals surface area contributed by atoms with Crippen molar-refractivity contribution in [2.45, 2.75) is 13.0 Å². The molecule has 0 atom stereocenters. The average Bonchev–Trinajstić information content (AvgIpc) is 2.62. The highest BCUT2D eigenvalue weighted by atomic mass is 16.5. The van der Waals surface area contributed by atoms with Crippen LogP contribution in [0.25, 0.3) is 11.1 Å². The molecule has 3 rings (SSSR count). The van der Waals surface area contributed by atoms with Crippen molar-refractivity contribution in [3.8, 4) is 16.9 Å². The predicted molar refractivity (Wildman–Crippen MR) is 93.4 cm³/mol. The van der Waals surface area contributed by atoms with Crippen LogP contribution < -0.4 is 4.74 Å². The van der Waals surface area contributed by atoms with Crippen molar-refractivity contribution >= 4 is 0 Å². The van der Waals surface area contributed by atoms with Crippen molar-refractivity contribution in [2.24, 2.45) is 0 Å². The summed E-state index contributed by atoms with van der Waals surface area (Å²) >= 11 is 0. The topological polar surface area (TPSA) is 29.5 Å². The van der Waals surface area contributed by atoms with E-state index in [9.17, 15) is 5.11 Å². The number of aliphatic hydroxyl groups is 1. The number of hydrogen-bond donors (Lipinski definition) is 1. The number of ether oxygens (including phenoxy) is 1.